The Morgan fingerprint density at radius 2 is 1.70 bits per heavy atom. The highest BCUT2D eigenvalue weighted by molar-refractivity contribution is 6.11. The Kier molecular flexibility index (Phi) is 10.6. The molecular weight excluding hydrogens is 715 g/mol. The van der Waals surface area contributed by atoms with E-state index in [1.165, 1.54) is 19.3 Å². The summed E-state index contributed by atoms with van der Waals surface area (Å²) in [5.74, 6) is 1.30. The molecule has 14 heteroatoms. The third kappa shape index (κ3) is 8.18. The van der Waals surface area contributed by atoms with Gasteiger partial charge in [0, 0.05) is 77.8 Å². The molecule has 296 valence electrons. The van der Waals surface area contributed by atoms with E-state index in [4.69, 9.17) is 18.4 Å². The molecule has 3 N–H and O–H groups in total. The zero-order chi connectivity index (χ0) is 39.0. The zero-order valence-corrected chi connectivity index (χ0v) is 32.7. The number of amides is 3. The molecule has 0 atom stereocenters. The van der Waals surface area contributed by atoms with Crippen molar-refractivity contribution in [3.05, 3.63) is 70.8 Å². The molecule has 3 amide bonds. The highest BCUT2D eigenvalue weighted by atomic mass is 16.6. The highest BCUT2D eigenvalue weighted by Crippen LogP contribution is 2.35. The Bertz CT molecular complexity index is 2230. The lowest BCUT2D eigenvalue weighted by atomic mass is 9.93. The summed E-state index contributed by atoms with van der Waals surface area (Å²) in [7, 11) is 0. The number of anilines is 2. The number of carbonyl (C=O) groups is 3. The number of benzene rings is 2. The van der Waals surface area contributed by atoms with Crippen molar-refractivity contribution in [3.63, 3.8) is 0 Å². The number of aryl methyl sites for hydroxylation is 1. The number of morpholine rings is 1. The molecule has 0 bridgehead atoms. The number of fused-ring (bicyclic) bond motifs is 2. The molecular formula is C42H51N7O7. The van der Waals surface area contributed by atoms with Crippen molar-refractivity contribution in [3.8, 4) is 5.75 Å². The van der Waals surface area contributed by atoms with Gasteiger partial charge in [-0.2, -0.15) is 0 Å². The highest BCUT2D eigenvalue weighted by Gasteiger charge is 2.30. The predicted molar refractivity (Wildman–Crippen MR) is 213 cm³/mol. The first kappa shape index (κ1) is 37.7. The zero-order valence-electron chi connectivity index (χ0n) is 32.7. The first-order valence-corrected chi connectivity index (χ1v) is 19.8. The average molecular weight is 766 g/mol. The number of nitrogens with zero attached hydrogens (tertiary/aromatic N) is 4. The van der Waals surface area contributed by atoms with Gasteiger partial charge in [-0.05, 0) is 87.7 Å². The second kappa shape index (κ2) is 15.8. The molecule has 6 heterocycles. The van der Waals surface area contributed by atoms with Gasteiger partial charge in [0.1, 0.15) is 17.1 Å². The molecule has 56 heavy (non-hydrogen) atoms. The number of carbonyl (C=O) groups excluding carboxylic acids is 3. The van der Waals surface area contributed by atoms with Gasteiger partial charge in [-0.25, -0.2) is 9.59 Å². The largest absolute Gasteiger partial charge is 0.453 e. The molecule has 3 aromatic heterocycles. The molecule has 0 aliphatic carbocycles. The first-order valence-electron chi connectivity index (χ1n) is 19.8. The van der Waals surface area contributed by atoms with Crippen LogP contribution < -0.4 is 15.4 Å². The minimum atomic E-state index is -0.485. The van der Waals surface area contributed by atoms with Crippen LogP contribution in [0.5, 0.6) is 5.75 Å². The number of H-pyrrole nitrogens is 1. The van der Waals surface area contributed by atoms with Crippen molar-refractivity contribution in [1.29, 1.82) is 0 Å². The Hall–Kier alpha value is -5.18. The van der Waals surface area contributed by atoms with E-state index in [9.17, 15) is 14.4 Å². The van der Waals surface area contributed by atoms with Crippen molar-refractivity contribution in [2.75, 3.05) is 63.1 Å². The maximum atomic E-state index is 14.0. The fourth-order valence-electron chi connectivity index (χ4n) is 8.04. The number of rotatable bonds is 8. The number of likely N-dealkylation sites (tertiary alicyclic amines) is 2. The van der Waals surface area contributed by atoms with Crippen LogP contribution in [0.25, 0.3) is 21.9 Å². The normalized spacial score (nSPS) is 17.8. The summed E-state index contributed by atoms with van der Waals surface area (Å²) in [5.41, 5.74) is 3.62. The van der Waals surface area contributed by atoms with Gasteiger partial charge in [0.05, 0.1) is 18.9 Å². The van der Waals surface area contributed by atoms with Gasteiger partial charge in [-0.15, -0.1) is 0 Å². The van der Waals surface area contributed by atoms with E-state index >= 15 is 0 Å². The molecule has 8 rings (SSSR count). The summed E-state index contributed by atoms with van der Waals surface area (Å²) < 4.78 is 23.2. The SMILES string of the molecule is Cc1cc(OC(=O)N2CCC(N3CCCCC3)CC2)c(CN2CCOCC2)c2cc(C(=O)c3cc4cc(NC(=O)Nc5cc(C(C)(C)C)on5)ccc4o3)[nH]c12. The van der Waals surface area contributed by atoms with Crippen molar-refractivity contribution in [2.45, 2.75) is 77.8 Å². The summed E-state index contributed by atoms with van der Waals surface area (Å²) in [6, 6.07) is 12.3. The van der Waals surface area contributed by atoms with Gasteiger partial charge in [0.15, 0.2) is 11.6 Å². The fourth-order valence-corrected chi connectivity index (χ4v) is 8.04. The van der Waals surface area contributed by atoms with Crippen LogP contribution in [0, 0.1) is 6.92 Å². The molecule has 3 aliphatic heterocycles. The van der Waals surface area contributed by atoms with Crippen LogP contribution in [-0.4, -0.2) is 101 Å². The summed E-state index contributed by atoms with van der Waals surface area (Å²) in [5, 5.41) is 10.9. The Morgan fingerprint density at radius 3 is 2.43 bits per heavy atom. The van der Waals surface area contributed by atoms with Crippen LogP contribution in [0.4, 0.5) is 21.1 Å². The molecule has 0 radical (unpaired) electrons. The van der Waals surface area contributed by atoms with Crippen LogP contribution in [0.1, 0.15) is 86.0 Å². The quantitative estimate of drug-likeness (QED) is 0.134. The number of piperidine rings is 2. The molecule has 14 nitrogen and oxygen atoms in total. The molecule has 3 aliphatic rings. The van der Waals surface area contributed by atoms with Crippen molar-refractivity contribution < 1.29 is 32.8 Å². The molecule has 3 fully saturated rings. The number of furan rings is 1. The van der Waals surface area contributed by atoms with Gasteiger partial charge < -0.3 is 38.5 Å². The Morgan fingerprint density at radius 1 is 0.929 bits per heavy atom. The second-order valence-electron chi connectivity index (χ2n) is 16.3. The summed E-state index contributed by atoms with van der Waals surface area (Å²) in [6.45, 7) is 14.9. The van der Waals surface area contributed by atoms with Crippen LogP contribution in [0.15, 0.2) is 51.4 Å². The maximum absolute atomic E-state index is 14.0. The van der Waals surface area contributed by atoms with E-state index in [0.29, 0.717) is 78.6 Å². The van der Waals surface area contributed by atoms with Crippen molar-refractivity contribution >= 4 is 51.3 Å². The van der Waals surface area contributed by atoms with Gasteiger partial charge >= 0.3 is 12.1 Å². The number of nitrogens with one attached hydrogen (secondary N) is 3. The first-order chi connectivity index (χ1) is 27.0. The maximum Gasteiger partial charge on any atom is 0.415 e. The minimum absolute atomic E-state index is 0.150. The number of ether oxygens (including phenoxy) is 2. The fraction of sp³-hybridized carbons (Fsp3) is 0.476. The molecule has 3 saturated heterocycles. The lowest BCUT2D eigenvalue weighted by Gasteiger charge is -2.39. The van der Waals surface area contributed by atoms with E-state index in [2.05, 4.69) is 30.6 Å². The third-order valence-electron chi connectivity index (χ3n) is 11.2. The summed E-state index contributed by atoms with van der Waals surface area (Å²) in [6.07, 6.45) is 5.39. The topological polar surface area (TPSA) is 158 Å². The van der Waals surface area contributed by atoms with Crippen molar-refractivity contribution in [1.82, 2.24) is 24.8 Å². The Balaban J connectivity index is 1.00. The van der Waals surface area contributed by atoms with Crippen LogP contribution in [0.2, 0.25) is 0 Å². The summed E-state index contributed by atoms with van der Waals surface area (Å²) >= 11 is 0. The van der Waals surface area contributed by atoms with Crippen molar-refractivity contribution in [2.24, 2.45) is 0 Å². The minimum Gasteiger partial charge on any atom is -0.453 e. The molecule has 0 unspecified atom stereocenters. The monoisotopic (exact) mass is 765 g/mol. The van der Waals surface area contributed by atoms with Crippen LogP contribution in [0.3, 0.4) is 0 Å². The average Bonchev–Trinajstić information content (AvgIpc) is 3.96. The number of aromatic nitrogens is 2. The van der Waals surface area contributed by atoms with Gasteiger partial charge in [-0.1, -0.05) is 32.3 Å². The number of hydrogen-bond donors (Lipinski definition) is 3. The summed E-state index contributed by atoms with van der Waals surface area (Å²) in [4.78, 5) is 50.5. The second-order valence-corrected chi connectivity index (χ2v) is 16.3. The lowest BCUT2D eigenvalue weighted by molar-refractivity contribution is 0.0339. The van der Waals surface area contributed by atoms with Gasteiger partial charge in [0.25, 0.3) is 0 Å². The van der Waals surface area contributed by atoms with E-state index in [-0.39, 0.29) is 23.1 Å². The van der Waals surface area contributed by atoms with Gasteiger partial charge in [0.2, 0.25) is 5.78 Å². The van der Waals surface area contributed by atoms with E-state index in [1.807, 2.05) is 44.7 Å². The number of ketones is 1. The molecule has 5 aromatic rings. The smallest absolute Gasteiger partial charge is 0.415 e. The van der Waals surface area contributed by atoms with E-state index in [0.717, 1.165) is 61.1 Å². The molecule has 2 aromatic carbocycles. The number of urea groups is 1. The van der Waals surface area contributed by atoms with Crippen LogP contribution in [-0.2, 0) is 16.7 Å². The predicted octanol–water partition coefficient (Wildman–Crippen LogP) is 7.66. The molecule has 0 saturated carbocycles. The number of hydrogen-bond acceptors (Lipinski definition) is 10. The molecule has 0 spiro atoms. The van der Waals surface area contributed by atoms with Crippen LogP contribution >= 0.6 is 0 Å². The van der Waals surface area contributed by atoms with E-state index in [1.54, 1.807) is 30.3 Å². The number of aromatic amines is 1. The van der Waals surface area contributed by atoms with E-state index < -0.39 is 6.03 Å². The standard InChI is InChI=1S/C42H51N7O7/c1-26-20-34(55-41(52)49-14-10-29(11-15-49)48-12-6-5-7-13-48)31(25-47-16-18-53-19-17-47)30-23-32(44-38(26)30)39(50)35-22-27-21-28(8-9-33(27)54-35)43-40(51)45-37-24-36(56-46-37)42(2,3)4/h8-9,20-24,29,44H,5-7,10-19,25H2,1-4H3,(H2,43,45,46,51). The lowest BCUT2D eigenvalue weighted by Crippen LogP contribution is -2.48. The third-order valence-corrected chi connectivity index (χ3v) is 11.2. The Labute approximate surface area is 325 Å². The van der Waals surface area contributed by atoms with Gasteiger partial charge in [-0.3, -0.25) is 15.0 Å².